The molecular weight excluding hydrogens is 247 g/mol. The maximum absolute atomic E-state index is 13.0. The molecule has 0 amide bonds. The van der Waals surface area contributed by atoms with Crippen LogP contribution in [0.1, 0.15) is 5.69 Å². The van der Waals surface area contributed by atoms with Crippen LogP contribution in [0.25, 0.3) is 10.8 Å². The number of aromatic nitrogens is 1. The third-order valence-corrected chi connectivity index (χ3v) is 2.56. The van der Waals surface area contributed by atoms with E-state index in [0.29, 0.717) is 9.86 Å². The molecule has 0 N–H and O–H groups in total. The first-order valence-corrected chi connectivity index (χ1v) is 4.65. The predicted octanol–water partition coefficient (Wildman–Crippen LogP) is 3.01. The monoisotopic (exact) mass is 250 g/mol. The Morgan fingerprint density at radius 1 is 1.36 bits per heavy atom. The normalized spacial score (nSPS) is 10.1. The summed E-state index contributed by atoms with van der Waals surface area (Å²) in [6.07, 6.45) is 1.53. The van der Waals surface area contributed by atoms with E-state index in [1.54, 1.807) is 6.07 Å². The molecule has 0 bridgehead atoms. The molecule has 0 unspecified atom stereocenters. The number of fused-ring (bicyclic) bond motifs is 1. The summed E-state index contributed by atoms with van der Waals surface area (Å²) in [6.45, 7) is 0. The Morgan fingerprint density at radius 3 is 2.86 bits per heavy atom. The summed E-state index contributed by atoms with van der Waals surface area (Å²) in [5.41, 5.74) is 0.239. The largest absolute Gasteiger partial charge is 0.245 e. The van der Waals surface area contributed by atoms with Crippen molar-refractivity contribution in [3.63, 3.8) is 0 Å². The van der Waals surface area contributed by atoms with Gasteiger partial charge in [-0.2, -0.15) is 5.26 Å². The Kier molecular flexibility index (Phi) is 2.18. The zero-order chi connectivity index (χ0) is 10.1. The van der Waals surface area contributed by atoms with Gasteiger partial charge in [0.2, 0.25) is 0 Å². The molecule has 1 aromatic heterocycles. The van der Waals surface area contributed by atoms with Crippen LogP contribution in [0.3, 0.4) is 0 Å². The molecule has 0 saturated heterocycles. The molecule has 68 valence electrons. The fourth-order valence-corrected chi connectivity index (χ4v) is 1.86. The van der Waals surface area contributed by atoms with Crippen molar-refractivity contribution < 1.29 is 4.39 Å². The van der Waals surface area contributed by atoms with Crippen LogP contribution < -0.4 is 0 Å². The summed E-state index contributed by atoms with van der Waals surface area (Å²) in [6, 6.07) is 6.34. The number of halogens is 2. The minimum atomic E-state index is -0.381. The molecule has 2 rings (SSSR count). The molecule has 4 heteroatoms. The number of hydrogen-bond donors (Lipinski definition) is 0. The van der Waals surface area contributed by atoms with Crippen molar-refractivity contribution in [2.24, 2.45) is 0 Å². The average molecular weight is 251 g/mol. The van der Waals surface area contributed by atoms with Crippen LogP contribution in [0.4, 0.5) is 4.39 Å². The molecule has 1 heterocycles. The lowest BCUT2D eigenvalue weighted by Crippen LogP contribution is -1.87. The fraction of sp³-hybridized carbons (Fsp3) is 0. The van der Waals surface area contributed by atoms with E-state index in [-0.39, 0.29) is 11.5 Å². The van der Waals surface area contributed by atoms with Crippen LogP contribution in [0.15, 0.2) is 28.9 Å². The highest BCUT2D eigenvalue weighted by Gasteiger charge is 2.06. The molecule has 0 radical (unpaired) electrons. The smallest absolute Gasteiger partial charge is 0.148 e. The summed E-state index contributed by atoms with van der Waals surface area (Å²) in [7, 11) is 0. The second kappa shape index (κ2) is 3.35. The lowest BCUT2D eigenvalue weighted by atomic mass is 10.1. The van der Waals surface area contributed by atoms with Gasteiger partial charge in [-0.3, -0.25) is 0 Å². The van der Waals surface area contributed by atoms with Crippen LogP contribution in [-0.4, -0.2) is 4.98 Å². The topological polar surface area (TPSA) is 36.7 Å². The fourth-order valence-electron chi connectivity index (χ4n) is 1.30. The Bertz CT molecular complexity index is 546. The van der Waals surface area contributed by atoms with E-state index in [2.05, 4.69) is 20.9 Å². The van der Waals surface area contributed by atoms with E-state index < -0.39 is 0 Å². The number of nitriles is 1. The summed E-state index contributed by atoms with van der Waals surface area (Å²) in [5, 5.41) is 10.1. The van der Waals surface area contributed by atoms with Gasteiger partial charge in [-0.1, -0.05) is 15.9 Å². The van der Waals surface area contributed by atoms with Gasteiger partial charge in [0.05, 0.1) is 0 Å². The van der Waals surface area contributed by atoms with Crippen molar-refractivity contribution in [3.05, 3.63) is 40.4 Å². The third-order valence-electron chi connectivity index (χ3n) is 1.90. The number of benzene rings is 1. The lowest BCUT2D eigenvalue weighted by molar-refractivity contribution is 0.629. The molecule has 0 fully saturated rings. The number of pyridine rings is 1. The van der Waals surface area contributed by atoms with E-state index in [1.165, 1.54) is 18.3 Å². The van der Waals surface area contributed by atoms with Gasteiger partial charge in [-0.25, -0.2) is 9.37 Å². The number of rotatable bonds is 0. The van der Waals surface area contributed by atoms with E-state index in [4.69, 9.17) is 5.26 Å². The molecule has 0 aliphatic rings. The average Bonchev–Trinajstić information content (AvgIpc) is 2.17. The van der Waals surface area contributed by atoms with E-state index in [0.717, 1.165) is 5.39 Å². The summed E-state index contributed by atoms with van der Waals surface area (Å²) < 4.78 is 13.7. The highest BCUT2D eigenvalue weighted by Crippen LogP contribution is 2.26. The summed E-state index contributed by atoms with van der Waals surface area (Å²) >= 11 is 3.23. The van der Waals surface area contributed by atoms with Crippen LogP contribution in [0.2, 0.25) is 0 Å². The zero-order valence-electron chi connectivity index (χ0n) is 6.96. The van der Waals surface area contributed by atoms with E-state index in [1.807, 2.05) is 6.07 Å². The van der Waals surface area contributed by atoms with Gasteiger partial charge in [0.25, 0.3) is 0 Å². The van der Waals surface area contributed by atoms with Gasteiger partial charge >= 0.3 is 0 Å². The predicted molar refractivity (Wildman–Crippen MR) is 54.1 cm³/mol. The second-order valence-corrected chi connectivity index (χ2v) is 3.61. The molecule has 0 spiro atoms. The maximum atomic E-state index is 13.0. The zero-order valence-corrected chi connectivity index (χ0v) is 8.55. The van der Waals surface area contributed by atoms with E-state index in [9.17, 15) is 4.39 Å². The maximum Gasteiger partial charge on any atom is 0.148 e. The van der Waals surface area contributed by atoms with Crippen molar-refractivity contribution in [1.82, 2.24) is 4.98 Å². The van der Waals surface area contributed by atoms with E-state index >= 15 is 0 Å². The first-order valence-electron chi connectivity index (χ1n) is 3.86. The first-order chi connectivity index (χ1) is 6.72. The van der Waals surface area contributed by atoms with Gasteiger partial charge in [0, 0.05) is 21.4 Å². The van der Waals surface area contributed by atoms with Crippen LogP contribution in [0, 0.1) is 17.1 Å². The lowest BCUT2D eigenvalue weighted by Gasteiger charge is -2.01. The molecule has 2 aromatic rings. The Hall–Kier alpha value is -1.47. The van der Waals surface area contributed by atoms with Crippen LogP contribution in [0.5, 0.6) is 0 Å². The molecular formula is C10H4BrFN2. The molecule has 0 atom stereocenters. The van der Waals surface area contributed by atoms with Crippen molar-refractivity contribution in [3.8, 4) is 6.07 Å². The van der Waals surface area contributed by atoms with Crippen molar-refractivity contribution in [1.29, 1.82) is 5.26 Å². The molecule has 1 aromatic carbocycles. The summed E-state index contributed by atoms with van der Waals surface area (Å²) in [5.74, 6) is -0.381. The molecule has 0 saturated carbocycles. The quantitative estimate of drug-likeness (QED) is 0.721. The van der Waals surface area contributed by atoms with Gasteiger partial charge in [-0.05, 0) is 18.2 Å². The van der Waals surface area contributed by atoms with Gasteiger partial charge < -0.3 is 0 Å². The molecule has 0 aliphatic heterocycles. The van der Waals surface area contributed by atoms with Gasteiger partial charge in [0.1, 0.15) is 17.6 Å². The second-order valence-electron chi connectivity index (χ2n) is 2.75. The highest BCUT2D eigenvalue weighted by molar-refractivity contribution is 9.10. The van der Waals surface area contributed by atoms with Gasteiger partial charge in [0.15, 0.2) is 0 Å². The highest BCUT2D eigenvalue weighted by atomic mass is 79.9. The molecule has 2 nitrogen and oxygen atoms in total. The Labute approximate surface area is 88.1 Å². The molecule has 0 aliphatic carbocycles. The minimum absolute atomic E-state index is 0.239. The standard InChI is InChI=1S/C10H4BrFN2/c11-9-4-6(12)3-8-7(9)1-2-14-10(8)5-13/h1-4H. The van der Waals surface area contributed by atoms with Crippen molar-refractivity contribution in [2.45, 2.75) is 0 Å². The van der Waals surface area contributed by atoms with Crippen molar-refractivity contribution in [2.75, 3.05) is 0 Å². The van der Waals surface area contributed by atoms with Gasteiger partial charge in [-0.15, -0.1) is 0 Å². The first kappa shape index (κ1) is 9.10. The van der Waals surface area contributed by atoms with Crippen molar-refractivity contribution >= 4 is 26.7 Å². The number of nitrogens with zero attached hydrogens (tertiary/aromatic N) is 2. The Morgan fingerprint density at radius 2 is 2.14 bits per heavy atom. The van der Waals surface area contributed by atoms with Crippen LogP contribution >= 0.6 is 15.9 Å². The number of hydrogen-bond acceptors (Lipinski definition) is 2. The minimum Gasteiger partial charge on any atom is -0.245 e. The third kappa shape index (κ3) is 1.36. The Balaban J connectivity index is 2.95. The molecule has 14 heavy (non-hydrogen) atoms. The summed E-state index contributed by atoms with van der Waals surface area (Å²) in [4.78, 5) is 3.86. The SMILES string of the molecule is N#Cc1nccc2c(Br)cc(F)cc12. The van der Waals surface area contributed by atoms with Crippen LogP contribution in [-0.2, 0) is 0 Å².